The Hall–Kier alpha value is -1.27. The zero-order valence-corrected chi connectivity index (χ0v) is 9.97. The molecule has 100 valence electrons. The Bertz CT molecular complexity index is 414. The number of alkyl halides is 3. The van der Waals surface area contributed by atoms with Crippen molar-refractivity contribution in [2.45, 2.75) is 12.2 Å². The lowest BCUT2D eigenvalue weighted by Gasteiger charge is -2.25. The third kappa shape index (κ3) is 2.94. The van der Waals surface area contributed by atoms with Gasteiger partial charge >= 0.3 is 6.18 Å². The van der Waals surface area contributed by atoms with Crippen LogP contribution in [0.5, 0.6) is 5.75 Å². The maximum absolute atomic E-state index is 12.8. The van der Waals surface area contributed by atoms with E-state index in [1.54, 1.807) is 6.07 Å². The van der Waals surface area contributed by atoms with E-state index in [0.29, 0.717) is 12.1 Å². The van der Waals surface area contributed by atoms with E-state index in [-0.39, 0.29) is 11.8 Å². The summed E-state index contributed by atoms with van der Waals surface area (Å²) in [4.78, 5) is 0. The lowest BCUT2D eigenvalue weighted by molar-refractivity contribution is -0.137. The number of hydrogen-bond acceptors (Lipinski definition) is 3. The lowest BCUT2D eigenvalue weighted by Crippen LogP contribution is -2.42. The van der Waals surface area contributed by atoms with Crippen molar-refractivity contribution < 1.29 is 17.9 Å². The van der Waals surface area contributed by atoms with Crippen LogP contribution in [0.2, 0.25) is 0 Å². The van der Waals surface area contributed by atoms with Gasteiger partial charge in [0.25, 0.3) is 0 Å². The summed E-state index contributed by atoms with van der Waals surface area (Å²) in [6.07, 6.45) is -4.36. The Labute approximate surface area is 103 Å². The minimum Gasteiger partial charge on any atom is -0.497 e. The highest BCUT2D eigenvalue weighted by molar-refractivity contribution is 5.37. The number of ether oxygens (including phenoxy) is 1. The largest absolute Gasteiger partial charge is 0.497 e. The topological polar surface area (TPSA) is 33.3 Å². The van der Waals surface area contributed by atoms with Crippen molar-refractivity contribution in [2.75, 3.05) is 26.7 Å². The number of piperazine rings is 1. The predicted molar refractivity (Wildman–Crippen MR) is 61.6 cm³/mol. The van der Waals surface area contributed by atoms with Crippen molar-refractivity contribution in [3.8, 4) is 5.75 Å². The van der Waals surface area contributed by atoms with Crippen molar-refractivity contribution in [3.63, 3.8) is 0 Å². The van der Waals surface area contributed by atoms with Crippen LogP contribution < -0.4 is 15.4 Å². The summed E-state index contributed by atoms with van der Waals surface area (Å²) in [5.74, 6) is 0.229. The SMILES string of the molecule is COc1cc([C@H]2CNCCN2)cc(C(F)(F)F)c1. The first-order chi connectivity index (χ1) is 8.50. The molecule has 1 atom stereocenters. The first kappa shape index (κ1) is 13.2. The van der Waals surface area contributed by atoms with Crippen LogP contribution in [-0.2, 0) is 6.18 Å². The molecule has 0 aliphatic carbocycles. The second kappa shape index (κ2) is 5.16. The highest BCUT2D eigenvalue weighted by atomic mass is 19.4. The molecule has 1 aliphatic rings. The van der Waals surface area contributed by atoms with E-state index in [2.05, 4.69) is 10.6 Å². The number of benzene rings is 1. The maximum Gasteiger partial charge on any atom is 0.416 e. The van der Waals surface area contributed by atoms with Crippen LogP contribution in [0.15, 0.2) is 18.2 Å². The van der Waals surface area contributed by atoms with Crippen molar-refractivity contribution in [2.24, 2.45) is 0 Å². The summed E-state index contributed by atoms with van der Waals surface area (Å²) in [6.45, 7) is 2.18. The molecule has 1 fully saturated rings. The van der Waals surface area contributed by atoms with Gasteiger partial charge in [-0.25, -0.2) is 0 Å². The molecule has 1 heterocycles. The quantitative estimate of drug-likeness (QED) is 0.852. The summed E-state index contributed by atoms with van der Waals surface area (Å²) >= 11 is 0. The fraction of sp³-hybridized carbons (Fsp3) is 0.500. The molecule has 0 bridgehead atoms. The molecule has 0 radical (unpaired) electrons. The molecule has 2 N–H and O–H groups in total. The van der Waals surface area contributed by atoms with Crippen molar-refractivity contribution >= 4 is 0 Å². The molecule has 1 saturated heterocycles. The Balaban J connectivity index is 2.34. The second-order valence-electron chi connectivity index (χ2n) is 4.20. The van der Waals surface area contributed by atoms with Crippen LogP contribution in [0.25, 0.3) is 0 Å². The molecule has 0 spiro atoms. The fourth-order valence-corrected chi connectivity index (χ4v) is 1.99. The van der Waals surface area contributed by atoms with E-state index in [4.69, 9.17) is 4.74 Å². The highest BCUT2D eigenvalue weighted by Gasteiger charge is 2.32. The Morgan fingerprint density at radius 2 is 2.00 bits per heavy atom. The van der Waals surface area contributed by atoms with Crippen LogP contribution in [0.1, 0.15) is 17.2 Å². The van der Waals surface area contributed by atoms with Gasteiger partial charge in [-0.2, -0.15) is 13.2 Å². The van der Waals surface area contributed by atoms with Crippen molar-refractivity contribution in [1.29, 1.82) is 0 Å². The van der Waals surface area contributed by atoms with E-state index in [1.807, 2.05) is 0 Å². The van der Waals surface area contributed by atoms with E-state index < -0.39 is 11.7 Å². The molecular weight excluding hydrogens is 245 g/mol. The van der Waals surface area contributed by atoms with Gasteiger partial charge in [0.05, 0.1) is 12.7 Å². The van der Waals surface area contributed by atoms with Gasteiger partial charge in [-0.1, -0.05) is 0 Å². The third-order valence-corrected chi connectivity index (χ3v) is 2.94. The standard InChI is InChI=1S/C12H15F3N2O/c1-18-10-5-8(11-7-16-2-3-17-11)4-9(6-10)12(13,14)15/h4-6,11,16-17H,2-3,7H2,1H3/t11-/m1/s1. The number of rotatable bonds is 2. The minimum atomic E-state index is -4.36. The van der Waals surface area contributed by atoms with E-state index in [9.17, 15) is 13.2 Å². The van der Waals surface area contributed by atoms with Gasteiger partial charge in [-0.05, 0) is 23.8 Å². The van der Waals surface area contributed by atoms with Gasteiger partial charge in [-0.3, -0.25) is 0 Å². The molecule has 2 rings (SSSR count). The number of nitrogens with one attached hydrogen (secondary N) is 2. The van der Waals surface area contributed by atoms with Gasteiger partial charge in [0, 0.05) is 25.7 Å². The second-order valence-corrected chi connectivity index (χ2v) is 4.20. The number of methoxy groups -OCH3 is 1. The zero-order valence-electron chi connectivity index (χ0n) is 9.97. The van der Waals surface area contributed by atoms with Crippen LogP contribution in [-0.4, -0.2) is 26.7 Å². The fourth-order valence-electron chi connectivity index (χ4n) is 1.99. The Morgan fingerprint density at radius 3 is 2.56 bits per heavy atom. The Kier molecular flexibility index (Phi) is 3.77. The molecule has 0 amide bonds. The predicted octanol–water partition coefficient (Wildman–Crippen LogP) is 1.95. The summed E-state index contributed by atoms with van der Waals surface area (Å²) in [6, 6.07) is 3.71. The average molecular weight is 260 g/mol. The summed E-state index contributed by atoms with van der Waals surface area (Å²) < 4.78 is 43.2. The molecule has 1 aromatic rings. The van der Waals surface area contributed by atoms with E-state index >= 15 is 0 Å². The number of hydrogen-bond donors (Lipinski definition) is 2. The van der Waals surface area contributed by atoms with Gasteiger partial charge in [0.2, 0.25) is 0 Å². The van der Waals surface area contributed by atoms with Crippen LogP contribution in [0.3, 0.4) is 0 Å². The van der Waals surface area contributed by atoms with Crippen LogP contribution in [0, 0.1) is 0 Å². The summed E-state index contributed by atoms with van der Waals surface area (Å²) in [5, 5.41) is 6.32. The number of halogens is 3. The van der Waals surface area contributed by atoms with Crippen LogP contribution in [0.4, 0.5) is 13.2 Å². The molecule has 6 heteroatoms. The van der Waals surface area contributed by atoms with Crippen LogP contribution >= 0.6 is 0 Å². The molecule has 0 saturated carbocycles. The zero-order chi connectivity index (χ0) is 13.2. The normalized spacial score (nSPS) is 20.8. The molecule has 0 aromatic heterocycles. The monoisotopic (exact) mass is 260 g/mol. The van der Waals surface area contributed by atoms with E-state index in [0.717, 1.165) is 19.2 Å². The first-order valence-electron chi connectivity index (χ1n) is 5.71. The molecule has 18 heavy (non-hydrogen) atoms. The van der Waals surface area contributed by atoms with Crippen molar-refractivity contribution in [1.82, 2.24) is 10.6 Å². The lowest BCUT2D eigenvalue weighted by atomic mass is 10.0. The molecule has 3 nitrogen and oxygen atoms in total. The smallest absolute Gasteiger partial charge is 0.416 e. The van der Waals surface area contributed by atoms with Gasteiger partial charge in [0.15, 0.2) is 0 Å². The summed E-state index contributed by atoms with van der Waals surface area (Å²) in [5.41, 5.74) is -0.0851. The average Bonchev–Trinajstić information content (AvgIpc) is 2.38. The molecule has 1 aliphatic heterocycles. The van der Waals surface area contributed by atoms with E-state index in [1.165, 1.54) is 13.2 Å². The van der Waals surface area contributed by atoms with Gasteiger partial charge in [0.1, 0.15) is 5.75 Å². The molecule has 1 aromatic carbocycles. The first-order valence-corrected chi connectivity index (χ1v) is 5.71. The van der Waals surface area contributed by atoms with Crippen molar-refractivity contribution in [3.05, 3.63) is 29.3 Å². The highest BCUT2D eigenvalue weighted by Crippen LogP contribution is 2.34. The maximum atomic E-state index is 12.8. The van der Waals surface area contributed by atoms with Gasteiger partial charge < -0.3 is 15.4 Å². The summed E-state index contributed by atoms with van der Waals surface area (Å²) in [7, 11) is 1.37. The third-order valence-electron chi connectivity index (χ3n) is 2.94. The Morgan fingerprint density at radius 1 is 1.22 bits per heavy atom. The molecule has 0 unspecified atom stereocenters. The van der Waals surface area contributed by atoms with Gasteiger partial charge in [-0.15, -0.1) is 0 Å². The minimum absolute atomic E-state index is 0.116. The molecular formula is C12H15F3N2O.